The first-order valence-corrected chi connectivity index (χ1v) is 9.36. The molecule has 5 nitrogen and oxygen atoms in total. The summed E-state index contributed by atoms with van der Waals surface area (Å²) >= 11 is 0. The van der Waals surface area contributed by atoms with Crippen molar-refractivity contribution in [1.29, 1.82) is 5.26 Å². The maximum atomic E-state index is 12.4. The summed E-state index contributed by atoms with van der Waals surface area (Å²) in [5, 5.41) is 17.6. The molecular formula is C21H26N4O. The minimum atomic E-state index is 0.0417. The van der Waals surface area contributed by atoms with Gasteiger partial charge in [-0.1, -0.05) is 36.4 Å². The van der Waals surface area contributed by atoms with Crippen LogP contribution in [0.1, 0.15) is 19.3 Å². The molecule has 5 heteroatoms. The summed E-state index contributed by atoms with van der Waals surface area (Å²) in [7, 11) is 0. The fourth-order valence-electron chi connectivity index (χ4n) is 3.59. The number of nitriles is 1. The summed E-state index contributed by atoms with van der Waals surface area (Å²) in [4.78, 5) is 14.6. The number of carbonyl (C=O) groups is 1. The lowest BCUT2D eigenvalue weighted by Crippen LogP contribution is -2.44. The predicted octanol–water partition coefficient (Wildman–Crippen LogP) is 2.99. The molecule has 1 atom stereocenters. The van der Waals surface area contributed by atoms with Gasteiger partial charge in [-0.2, -0.15) is 5.26 Å². The molecule has 0 spiro atoms. The number of nitrogens with one attached hydrogen (secondary N) is 2. The van der Waals surface area contributed by atoms with E-state index < -0.39 is 0 Å². The van der Waals surface area contributed by atoms with Gasteiger partial charge < -0.3 is 15.5 Å². The number of amides is 1. The van der Waals surface area contributed by atoms with E-state index in [0.717, 1.165) is 38.2 Å². The van der Waals surface area contributed by atoms with Crippen LogP contribution >= 0.6 is 0 Å². The molecule has 1 heterocycles. The number of likely N-dealkylation sites (tertiary alicyclic amines) is 1. The number of hydrogen-bond acceptors (Lipinski definition) is 4. The molecule has 3 rings (SSSR count). The van der Waals surface area contributed by atoms with Crippen molar-refractivity contribution < 1.29 is 4.79 Å². The van der Waals surface area contributed by atoms with E-state index in [0.29, 0.717) is 19.5 Å². The van der Waals surface area contributed by atoms with Crippen LogP contribution in [0.2, 0.25) is 0 Å². The van der Waals surface area contributed by atoms with Crippen LogP contribution in [0.3, 0.4) is 0 Å². The number of nitrogens with zero attached hydrogens (tertiary/aromatic N) is 2. The van der Waals surface area contributed by atoms with Gasteiger partial charge in [-0.3, -0.25) is 4.79 Å². The Morgan fingerprint density at radius 1 is 1.19 bits per heavy atom. The maximum Gasteiger partial charge on any atom is 0.224 e. The first-order chi connectivity index (χ1) is 12.8. The maximum absolute atomic E-state index is 12.4. The van der Waals surface area contributed by atoms with Crippen LogP contribution in [0.4, 0.5) is 5.69 Å². The molecule has 0 saturated carbocycles. The van der Waals surface area contributed by atoms with E-state index >= 15 is 0 Å². The van der Waals surface area contributed by atoms with Crippen molar-refractivity contribution in [1.82, 2.24) is 10.2 Å². The van der Waals surface area contributed by atoms with Crippen molar-refractivity contribution in [3.05, 3.63) is 42.5 Å². The smallest absolute Gasteiger partial charge is 0.224 e. The highest BCUT2D eigenvalue weighted by Crippen LogP contribution is 2.22. The van der Waals surface area contributed by atoms with Gasteiger partial charge in [-0.05, 0) is 30.8 Å². The first-order valence-electron chi connectivity index (χ1n) is 9.36. The number of benzene rings is 2. The summed E-state index contributed by atoms with van der Waals surface area (Å²) in [5.41, 5.74) is 1.10. The Bertz CT molecular complexity index is 778. The Balaban J connectivity index is 1.44. The molecule has 26 heavy (non-hydrogen) atoms. The van der Waals surface area contributed by atoms with Gasteiger partial charge in [0.2, 0.25) is 5.91 Å². The summed E-state index contributed by atoms with van der Waals surface area (Å²) in [6, 6.07) is 16.7. The minimum absolute atomic E-state index is 0.0417. The van der Waals surface area contributed by atoms with Crippen LogP contribution in [-0.4, -0.2) is 43.5 Å². The third kappa shape index (κ3) is 4.74. The fourth-order valence-corrected chi connectivity index (χ4v) is 3.59. The topological polar surface area (TPSA) is 68.2 Å². The largest absolute Gasteiger partial charge is 0.383 e. The van der Waals surface area contributed by atoms with Crippen LogP contribution in [0.5, 0.6) is 0 Å². The molecule has 1 unspecified atom stereocenters. The number of hydrogen-bond donors (Lipinski definition) is 2. The fraction of sp³-hybridized carbons (Fsp3) is 0.429. The Morgan fingerprint density at radius 2 is 2.04 bits per heavy atom. The molecule has 1 fully saturated rings. The first kappa shape index (κ1) is 18.2. The van der Waals surface area contributed by atoms with E-state index in [1.807, 2.05) is 18.2 Å². The lowest BCUT2D eigenvalue weighted by atomic mass is 9.97. The highest BCUT2D eigenvalue weighted by Gasteiger charge is 2.25. The van der Waals surface area contributed by atoms with Gasteiger partial charge >= 0.3 is 0 Å². The molecule has 0 aliphatic carbocycles. The molecule has 1 aliphatic rings. The normalized spacial score (nSPS) is 17.6. The summed E-state index contributed by atoms with van der Waals surface area (Å²) in [5.74, 6) is 0.173. The Hall–Kier alpha value is -2.58. The zero-order chi connectivity index (χ0) is 18.2. The SMILES string of the molecule is N#CCCN1CCCC(C(=O)NCCNc2cccc3ccccc23)C1. The molecule has 2 aromatic rings. The highest BCUT2D eigenvalue weighted by atomic mass is 16.1. The van der Waals surface area contributed by atoms with E-state index in [1.165, 1.54) is 10.8 Å². The van der Waals surface area contributed by atoms with Crippen LogP contribution in [0.25, 0.3) is 10.8 Å². The van der Waals surface area contributed by atoms with Crippen molar-refractivity contribution in [3.63, 3.8) is 0 Å². The van der Waals surface area contributed by atoms with E-state index in [9.17, 15) is 4.79 Å². The highest BCUT2D eigenvalue weighted by molar-refractivity contribution is 5.93. The summed E-state index contributed by atoms with van der Waals surface area (Å²) in [6.45, 7) is 3.84. The Morgan fingerprint density at radius 3 is 2.92 bits per heavy atom. The third-order valence-corrected chi connectivity index (χ3v) is 4.95. The quantitative estimate of drug-likeness (QED) is 0.753. The number of piperidine rings is 1. The lowest BCUT2D eigenvalue weighted by molar-refractivity contribution is -0.126. The molecule has 2 aromatic carbocycles. The number of fused-ring (bicyclic) bond motifs is 1. The lowest BCUT2D eigenvalue weighted by Gasteiger charge is -2.31. The molecule has 0 bridgehead atoms. The summed E-state index contributed by atoms with van der Waals surface area (Å²) in [6.07, 6.45) is 2.49. The number of anilines is 1. The predicted molar refractivity (Wildman–Crippen MR) is 105 cm³/mol. The average Bonchev–Trinajstić information content (AvgIpc) is 2.69. The van der Waals surface area contributed by atoms with E-state index in [4.69, 9.17) is 5.26 Å². The second kappa shape index (κ2) is 9.21. The average molecular weight is 350 g/mol. The second-order valence-electron chi connectivity index (χ2n) is 6.79. The second-order valence-corrected chi connectivity index (χ2v) is 6.79. The Labute approximate surface area is 155 Å². The standard InChI is InChI=1S/C21H26N4O/c22-11-5-15-25-14-4-8-18(16-25)21(26)24-13-12-23-20-10-3-7-17-6-1-2-9-19(17)20/h1-3,6-7,9-10,18,23H,4-5,8,12-16H2,(H,24,26). The van der Waals surface area contributed by atoms with Crippen LogP contribution in [0, 0.1) is 17.2 Å². The summed E-state index contributed by atoms with van der Waals surface area (Å²) < 4.78 is 0. The monoisotopic (exact) mass is 350 g/mol. The third-order valence-electron chi connectivity index (χ3n) is 4.95. The molecular weight excluding hydrogens is 324 g/mol. The number of rotatable bonds is 7. The molecule has 0 aromatic heterocycles. The Kier molecular flexibility index (Phi) is 6.45. The van der Waals surface area contributed by atoms with Gasteiger partial charge in [-0.25, -0.2) is 0 Å². The minimum Gasteiger partial charge on any atom is -0.383 e. The van der Waals surface area contributed by atoms with Crippen molar-refractivity contribution >= 4 is 22.4 Å². The zero-order valence-electron chi connectivity index (χ0n) is 15.1. The van der Waals surface area contributed by atoms with Gasteiger partial charge in [-0.15, -0.1) is 0 Å². The van der Waals surface area contributed by atoms with Gasteiger partial charge in [0.15, 0.2) is 0 Å². The molecule has 1 aliphatic heterocycles. The van der Waals surface area contributed by atoms with Crippen molar-refractivity contribution in [3.8, 4) is 6.07 Å². The van der Waals surface area contributed by atoms with Crippen molar-refractivity contribution in [2.45, 2.75) is 19.3 Å². The molecule has 1 amide bonds. The number of carbonyl (C=O) groups excluding carboxylic acids is 1. The van der Waals surface area contributed by atoms with E-state index in [-0.39, 0.29) is 11.8 Å². The van der Waals surface area contributed by atoms with E-state index in [2.05, 4.69) is 45.9 Å². The van der Waals surface area contributed by atoms with Gasteiger partial charge in [0.05, 0.1) is 12.0 Å². The van der Waals surface area contributed by atoms with Crippen LogP contribution in [0.15, 0.2) is 42.5 Å². The zero-order valence-corrected chi connectivity index (χ0v) is 15.1. The van der Waals surface area contributed by atoms with Gasteiger partial charge in [0, 0.05) is 43.7 Å². The molecule has 136 valence electrons. The van der Waals surface area contributed by atoms with Crippen molar-refractivity contribution in [2.24, 2.45) is 5.92 Å². The van der Waals surface area contributed by atoms with Gasteiger partial charge in [0.1, 0.15) is 0 Å². The molecule has 0 radical (unpaired) electrons. The molecule has 2 N–H and O–H groups in total. The van der Waals surface area contributed by atoms with Crippen LogP contribution < -0.4 is 10.6 Å². The van der Waals surface area contributed by atoms with Gasteiger partial charge in [0.25, 0.3) is 0 Å². The van der Waals surface area contributed by atoms with E-state index in [1.54, 1.807) is 0 Å². The van der Waals surface area contributed by atoms with Crippen molar-refractivity contribution in [2.75, 3.05) is 38.0 Å². The molecule has 1 saturated heterocycles. The van der Waals surface area contributed by atoms with Crippen LogP contribution in [-0.2, 0) is 4.79 Å².